The Morgan fingerprint density at radius 3 is 2.66 bits per heavy atom. The van der Waals surface area contributed by atoms with Crippen molar-refractivity contribution in [2.75, 3.05) is 41.8 Å². The SMILES string of the molecule is CN1C(=O)CCN(C2CCCC2)c2nc(Nc3cc(F)c(C(=O)N[C@@H]4CCN(C(=O)O)C4)cc3Cl)ncc21. The van der Waals surface area contributed by atoms with E-state index < -0.39 is 23.9 Å². The average molecular weight is 546 g/mol. The Bertz CT molecular complexity index is 1270. The van der Waals surface area contributed by atoms with Crippen molar-refractivity contribution >= 4 is 52.6 Å². The van der Waals surface area contributed by atoms with Crippen LogP contribution in [0.15, 0.2) is 18.3 Å². The first-order valence-electron chi connectivity index (χ1n) is 12.7. The Hall–Kier alpha value is -3.67. The largest absolute Gasteiger partial charge is 0.465 e. The maximum absolute atomic E-state index is 15.0. The third kappa shape index (κ3) is 5.17. The number of likely N-dealkylation sites (tertiary alicyclic amines) is 1. The molecule has 1 aliphatic carbocycles. The van der Waals surface area contributed by atoms with E-state index in [0.29, 0.717) is 37.4 Å². The highest BCUT2D eigenvalue weighted by Crippen LogP contribution is 2.37. The Balaban J connectivity index is 1.36. The molecule has 11 nitrogen and oxygen atoms in total. The standard InChI is InChI=1S/C25H29ClFN7O4/c1-32-20-12-28-24(31-22(20)34(9-7-21(32)35)15-4-2-3-5-15)30-19-11-18(27)16(10-17(19)26)23(36)29-14-6-8-33(13-14)25(37)38/h10-12,14-15H,2-9,13H2,1H3,(H,29,36)(H,37,38)(H,28,30,31)/t14-/m1/s1. The van der Waals surface area contributed by atoms with Gasteiger partial charge in [-0.1, -0.05) is 24.4 Å². The van der Waals surface area contributed by atoms with Crippen molar-refractivity contribution in [2.45, 2.75) is 50.6 Å². The van der Waals surface area contributed by atoms with E-state index in [1.54, 1.807) is 18.1 Å². The molecule has 0 radical (unpaired) electrons. The van der Waals surface area contributed by atoms with Crippen molar-refractivity contribution in [1.29, 1.82) is 0 Å². The summed E-state index contributed by atoms with van der Waals surface area (Å²) in [4.78, 5) is 50.3. The van der Waals surface area contributed by atoms with Gasteiger partial charge in [-0.05, 0) is 31.4 Å². The summed E-state index contributed by atoms with van der Waals surface area (Å²) in [5, 5.41) is 14.8. The minimum absolute atomic E-state index is 0.0108. The molecular weight excluding hydrogens is 517 g/mol. The minimum Gasteiger partial charge on any atom is -0.465 e. The molecule has 1 aromatic heterocycles. The van der Waals surface area contributed by atoms with Gasteiger partial charge in [-0.15, -0.1) is 0 Å². The molecule has 0 spiro atoms. The van der Waals surface area contributed by atoms with Crippen LogP contribution in [0.2, 0.25) is 5.02 Å². The van der Waals surface area contributed by atoms with E-state index in [2.05, 4.69) is 20.5 Å². The number of carbonyl (C=O) groups is 3. The van der Waals surface area contributed by atoms with Crippen molar-refractivity contribution in [3.8, 4) is 0 Å². The normalized spacial score (nSPS) is 19.9. The predicted octanol–water partition coefficient (Wildman–Crippen LogP) is 3.61. The highest BCUT2D eigenvalue weighted by atomic mass is 35.5. The Labute approximate surface area is 224 Å². The number of hydrogen-bond donors (Lipinski definition) is 3. The predicted molar refractivity (Wildman–Crippen MR) is 140 cm³/mol. The summed E-state index contributed by atoms with van der Waals surface area (Å²) in [5.74, 6) is -0.650. The van der Waals surface area contributed by atoms with E-state index in [-0.39, 0.29) is 40.7 Å². The second-order valence-corrected chi connectivity index (χ2v) is 10.3. The van der Waals surface area contributed by atoms with Gasteiger partial charge in [-0.3, -0.25) is 9.59 Å². The number of fused-ring (bicyclic) bond motifs is 1. The van der Waals surface area contributed by atoms with Crippen LogP contribution in [0.4, 0.5) is 32.3 Å². The van der Waals surface area contributed by atoms with E-state index in [9.17, 15) is 18.8 Å². The molecule has 202 valence electrons. The fraction of sp³-hybridized carbons (Fsp3) is 0.480. The molecule has 0 bridgehead atoms. The lowest BCUT2D eigenvalue weighted by molar-refractivity contribution is -0.118. The molecule has 1 atom stereocenters. The smallest absolute Gasteiger partial charge is 0.407 e. The molecule has 1 saturated heterocycles. The summed E-state index contributed by atoms with van der Waals surface area (Å²) in [6, 6.07) is 2.21. The topological polar surface area (TPSA) is 131 Å². The van der Waals surface area contributed by atoms with E-state index in [0.717, 1.165) is 31.7 Å². The van der Waals surface area contributed by atoms with Gasteiger partial charge in [-0.2, -0.15) is 4.98 Å². The summed E-state index contributed by atoms with van der Waals surface area (Å²) >= 11 is 6.41. The zero-order valence-corrected chi connectivity index (χ0v) is 21.7. The number of rotatable bonds is 5. The van der Waals surface area contributed by atoms with Crippen LogP contribution in [-0.4, -0.2) is 76.6 Å². The molecule has 3 amide bonds. The summed E-state index contributed by atoms with van der Waals surface area (Å²) in [6.07, 6.45) is 5.65. The first-order chi connectivity index (χ1) is 18.2. The number of benzene rings is 1. The summed E-state index contributed by atoms with van der Waals surface area (Å²) < 4.78 is 15.0. The van der Waals surface area contributed by atoms with Crippen LogP contribution in [0.25, 0.3) is 0 Å². The first kappa shape index (κ1) is 26.0. The highest BCUT2D eigenvalue weighted by molar-refractivity contribution is 6.33. The van der Waals surface area contributed by atoms with Gasteiger partial charge in [0.2, 0.25) is 11.9 Å². The van der Waals surface area contributed by atoms with Gasteiger partial charge < -0.3 is 30.4 Å². The number of carbonyl (C=O) groups excluding carboxylic acids is 2. The van der Waals surface area contributed by atoms with Gasteiger partial charge in [0, 0.05) is 45.2 Å². The third-order valence-electron chi connectivity index (χ3n) is 7.43. The Kier molecular flexibility index (Phi) is 7.24. The Morgan fingerprint density at radius 1 is 1.18 bits per heavy atom. The van der Waals surface area contributed by atoms with Gasteiger partial charge in [0.25, 0.3) is 5.91 Å². The number of amides is 3. The molecular formula is C25H29ClFN7O4. The van der Waals surface area contributed by atoms with Crippen LogP contribution < -0.4 is 20.4 Å². The van der Waals surface area contributed by atoms with Crippen molar-refractivity contribution in [3.63, 3.8) is 0 Å². The lowest BCUT2D eigenvalue weighted by Crippen LogP contribution is -2.38. The number of halogens is 2. The van der Waals surface area contributed by atoms with E-state index in [1.165, 1.54) is 11.0 Å². The molecule has 2 aromatic rings. The van der Waals surface area contributed by atoms with Crippen LogP contribution in [0, 0.1) is 5.82 Å². The van der Waals surface area contributed by atoms with Crippen LogP contribution in [-0.2, 0) is 4.79 Å². The minimum atomic E-state index is -1.06. The fourth-order valence-electron chi connectivity index (χ4n) is 5.32. The molecule has 0 unspecified atom stereocenters. The van der Waals surface area contributed by atoms with Crippen molar-refractivity contribution in [3.05, 3.63) is 34.7 Å². The van der Waals surface area contributed by atoms with Crippen LogP contribution in [0.5, 0.6) is 0 Å². The van der Waals surface area contributed by atoms with Crippen LogP contribution in [0.1, 0.15) is 48.9 Å². The maximum atomic E-state index is 15.0. The lowest BCUT2D eigenvalue weighted by atomic mass is 10.1. The zero-order valence-electron chi connectivity index (χ0n) is 20.9. The fourth-order valence-corrected chi connectivity index (χ4v) is 5.53. The van der Waals surface area contributed by atoms with Crippen molar-refractivity contribution in [2.24, 2.45) is 0 Å². The van der Waals surface area contributed by atoms with Gasteiger partial charge in [-0.25, -0.2) is 14.2 Å². The molecule has 3 aliphatic rings. The number of nitrogens with zero attached hydrogens (tertiary/aromatic N) is 5. The molecule has 1 aromatic carbocycles. The molecule has 5 rings (SSSR count). The van der Waals surface area contributed by atoms with Crippen LogP contribution in [0.3, 0.4) is 0 Å². The molecule has 3 heterocycles. The summed E-state index contributed by atoms with van der Waals surface area (Å²) in [5.41, 5.74) is 0.552. The zero-order chi connectivity index (χ0) is 27.0. The number of nitrogens with one attached hydrogen (secondary N) is 2. The lowest BCUT2D eigenvalue weighted by Gasteiger charge is -2.30. The van der Waals surface area contributed by atoms with E-state index in [1.807, 2.05) is 0 Å². The number of carboxylic acid groups (broad SMARTS) is 1. The highest BCUT2D eigenvalue weighted by Gasteiger charge is 2.32. The van der Waals surface area contributed by atoms with Crippen molar-refractivity contribution in [1.82, 2.24) is 20.2 Å². The molecule has 2 fully saturated rings. The summed E-state index contributed by atoms with van der Waals surface area (Å²) in [7, 11) is 1.70. The Morgan fingerprint density at radius 2 is 1.95 bits per heavy atom. The number of hydrogen-bond acceptors (Lipinski definition) is 7. The van der Waals surface area contributed by atoms with Gasteiger partial charge in [0.05, 0.1) is 22.5 Å². The first-order valence-corrected chi connectivity index (χ1v) is 13.0. The second-order valence-electron chi connectivity index (χ2n) is 9.86. The third-order valence-corrected chi connectivity index (χ3v) is 7.74. The van der Waals surface area contributed by atoms with E-state index >= 15 is 0 Å². The number of aromatic nitrogens is 2. The molecule has 2 aliphatic heterocycles. The molecule has 3 N–H and O–H groups in total. The average Bonchev–Trinajstić information content (AvgIpc) is 3.56. The van der Waals surface area contributed by atoms with Gasteiger partial charge in [0.1, 0.15) is 11.5 Å². The molecule has 1 saturated carbocycles. The molecule has 13 heteroatoms. The molecule has 38 heavy (non-hydrogen) atoms. The van der Waals surface area contributed by atoms with Crippen molar-refractivity contribution < 1.29 is 23.9 Å². The maximum Gasteiger partial charge on any atom is 0.407 e. The van der Waals surface area contributed by atoms with Gasteiger partial charge >= 0.3 is 6.09 Å². The second kappa shape index (κ2) is 10.6. The van der Waals surface area contributed by atoms with E-state index in [4.69, 9.17) is 21.7 Å². The summed E-state index contributed by atoms with van der Waals surface area (Å²) in [6.45, 7) is 1.00. The number of anilines is 4. The quantitative estimate of drug-likeness (QED) is 0.519. The monoisotopic (exact) mass is 545 g/mol. The van der Waals surface area contributed by atoms with Gasteiger partial charge in [0.15, 0.2) is 5.82 Å². The van der Waals surface area contributed by atoms with Crippen LogP contribution >= 0.6 is 11.6 Å².